The Labute approximate surface area is 544 Å². The lowest BCUT2D eigenvalue weighted by atomic mass is 9.96. The number of nitrogens with two attached hydrogens (primary N) is 8. The van der Waals surface area contributed by atoms with Crippen molar-refractivity contribution in [3.05, 3.63) is 35.9 Å². The molecule has 1 heterocycles. The van der Waals surface area contributed by atoms with Gasteiger partial charge in [-0.3, -0.25) is 62.9 Å². The van der Waals surface area contributed by atoms with Crippen LogP contribution >= 0.6 is 0 Å². The molecule has 1 aliphatic rings. The molecule has 0 unspecified atom stereocenters. The number of carbonyl (C=O) groups is 11. The number of carboxylic acids is 1. The van der Waals surface area contributed by atoms with E-state index in [1.54, 1.807) is 71.9 Å². The highest BCUT2D eigenvalue weighted by Crippen LogP contribution is 2.22. The number of benzene rings is 1. The summed E-state index contributed by atoms with van der Waals surface area (Å²) in [4.78, 5) is 166. The fourth-order valence-electron chi connectivity index (χ4n) is 10.1. The van der Waals surface area contributed by atoms with Crippen molar-refractivity contribution in [2.45, 2.75) is 192 Å². The number of unbranched alkanes of at least 4 members (excludes halogenated alkanes) is 1. The van der Waals surface area contributed by atoms with Gasteiger partial charge in [0.25, 0.3) is 0 Å². The first-order valence-electron chi connectivity index (χ1n) is 31.8. The molecule has 93 heavy (non-hydrogen) atoms. The molecule has 1 saturated heterocycles. The molecule has 33 nitrogen and oxygen atoms in total. The Morgan fingerprint density at radius 1 is 0.538 bits per heavy atom. The van der Waals surface area contributed by atoms with Crippen molar-refractivity contribution in [2.75, 3.05) is 45.8 Å². The van der Waals surface area contributed by atoms with Crippen molar-refractivity contribution in [2.24, 2.45) is 78.6 Å². The normalized spacial score (nSPS) is 15.6. The predicted octanol–water partition coefficient (Wildman–Crippen LogP) is -4.31. The Balaban J connectivity index is 2.59. The number of guanidine groups is 3. The minimum absolute atomic E-state index is 0.00532. The van der Waals surface area contributed by atoms with Crippen molar-refractivity contribution in [1.82, 2.24) is 52.8 Å². The van der Waals surface area contributed by atoms with Crippen LogP contribution in [0.3, 0.4) is 0 Å². The molecule has 33 heteroatoms. The summed E-state index contributed by atoms with van der Waals surface area (Å²) >= 11 is 0. The second-order valence-corrected chi connectivity index (χ2v) is 23.9. The molecule has 2 rings (SSSR count). The largest absolute Gasteiger partial charge is 0.480 e. The van der Waals surface area contributed by atoms with E-state index in [4.69, 9.17) is 45.9 Å². The Bertz CT molecular complexity index is 2690. The second-order valence-electron chi connectivity index (χ2n) is 23.9. The molecule has 0 bridgehead atoms. The van der Waals surface area contributed by atoms with E-state index in [2.05, 4.69) is 62.8 Å². The maximum atomic E-state index is 14.8. The molecule has 1 aromatic carbocycles. The quantitative estimate of drug-likeness (QED) is 0.0167. The number of carbonyl (C=O) groups excluding carboxylic acids is 10. The van der Waals surface area contributed by atoms with E-state index in [0.29, 0.717) is 37.8 Å². The van der Waals surface area contributed by atoms with E-state index in [-0.39, 0.29) is 133 Å². The summed E-state index contributed by atoms with van der Waals surface area (Å²) in [6, 6.07) is -2.86. The number of likely N-dealkylation sites (tertiary alicyclic amines) is 1. The molecule has 0 aliphatic carbocycles. The number of aliphatic carboxylic acids is 1. The van der Waals surface area contributed by atoms with Gasteiger partial charge in [-0.1, -0.05) is 78.3 Å². The van der Waals surface area contributed by atoms with Gasteiger partial charge in [0, 0.05) is 32.6 Å². The molecule has 0 radical (unpaired) electrons. The number of rotatable bonds is 44. The maximum absolute atomic E-state index is 14.8. The van der Waals surface area contributed by atoms with Crippen molar-refractivity contribution in [3.8, 4) is 0 Å². The molecule has 0 spiro atoms. The third-order valence-electron chi connectivity index (χ3n) is 15.2. The number of nitrogens with zero attached hydrogens (tertiary/aromatic N) is 4. The minimum atomic E-state index is -1.43. The second kappa shape index (κ2) is 43.0. The van der Waals surface area contributed by atoms with Crippen molar-refractivity contribution < 1.29 is 57.8 Å². The van der Waals surface area contributed by atoms with Crippen LogP contribution in [0.4, 0.5) is 0 Å². The van der Waals surface area contributed by atoms with E-state index in [1.807, 2.05) is 0 Å². The first kappa shape index (κ1) is 80.2. The summed E-state index contributed by atoms with van der Waals surface area (Å²) in [6.07, 6.45) is 2.20. The van der Waals surface area contributed by atoms with Gasteiger partial charge >= 0.3 is 5.97 Å². The van der Waals surface area contributed by atoms with E-state index in [0.717, 1.165) is 0 Å². The highest BCUT2D eigenvalue weighted by atomic mass is 16.4. The zero-order valence-corrected chi connectivity index (χ0v) is 54.7. The lowest BCUT2D eigenvalue weighted by molar-refractivity contribution is -0.144. The summed E-state index contributed by atoms with van der Waals surface area (Å²) < 4.78 is 0. The van der Waals surface area contributed by atoms with Crippen LogP contribution in [0.25, 0.3) is 0 Å². The topological polar surface area (TPSA) is 565 Å². The average Bonchev–Trinajstić information content (AvgIpc) is 1.90. The van der Waals surface area contributed by atoms with Crippen LogP contribution < -0.4 is 93.7 Å². The third kappa shape index (κ3) is 31.3. The van der Waals surface area contributed by atoms with Gasteiger partial charge in [-0.15, -0.1) is 0 Å². The molecule has 10 amide bonds. The Kier molecular flexibility index (Phi) is 37.1. The number of amides is 10. The summed E-state index contributed by atoms with van der Waals surface area (Å²) in [5, 5.41) is 33.9. The van der Waals surface area contributed by atoms with E-state index in [9.17, 15) is 57.8 Å². The summed E-state index contributed by atoms with van der Waals surface area (Å²) in [6.45, 7) is 10.2. The van der Waals surface area contributed by atoms with Gasteiger partial charge in [0.1, 0.15) is 54.4 Å². The maximum Gasteiger partial charge on any atom is 0.326 e. The first-order chi connectivity index (χ1) is 44.0. The zero-order valence-electron chi connectivity index (χ0n) is 54.7. The van der Waals surface area contributed by atoms with Crippen LogP contribution in [-0.4, -0.2) is 193 Å². The zero-order chi connectivity index (χ0) is 69.7. The molecule has 10 atom stereocenters. The van der Waals surface area contributed by atoms with Crippen molar-refractivity contribution in [3.63, 3.8) is 0 Å². The molecular weight excluding hydrogens is 1210 g/mol. The fraction of sp³-hybridized carbons (Fsp3) is 0.667. The Hall–Kier alpha value is -8.88. The highest BCUT2D eigenvalue weighted by molar-refractivity contribution is 5.99. The van der Waals surface area contributed by atoms with Gasteiger partial charge < -0.3 is 104 Å². The van der Waals surface area contributed by atoms with Gasteiger partial charge in [-0.05, 0) is 113 Å². The predicted molar refractivity (Wildman–Crippen MR) is 351 cm³/mol. The molecule has 0 saturated carbocycles. The molecular formula is C60H105N21O12. The van der Waals surface area contributed by atoms with Crippen LogP contribution in [0.2, 0.25) is 0 Å². The van der Waals surface area contributed by atoms with Gasteiger partial charge in [0.15, 0.2) is 17.9 Å². The molecule has 522 valence electrons. The van der Waals surface area contributed by atoms with E-state index >= 15 is 0 Å². The molecule has 1 aliphatic heterocycles. The van der Waals surface area contributed by atoms with Crippen LogP contribution in [0.5, 0.6) is 0 Å². The van der Waals surface area contributed by atoms with Crippen LogP contribution in [-0.2, 0) is 59.2 Å². The van der Waals surface area contributed by atoms with Gasteiger partial charge in [0.05, 0.1) is 13.1 Å². The number of aliphatic imine (C=N–C) groups is 3. The lowest BCUT2D eigenvalue weighted by Gasteiger charge is -2.32. The standard InChI is InChI=1S/C60H105N21O12/c1-7-36(6)48(55(90)77-41(22-15-27-71-60(67)68)56(91)81-28-16-23-45(81)54(89)76-38(19-11-12-24-61)50(85)79-44(57(92)93)30-35(4)5)80-51(86)40(21-14-26-70-59(65)66)74-49(84)39(20-13-25-69-58(63)64)75-52(87)42(29-34(2)3)78-53(88)43(31-37-17-9-8-10-18-37)73-47(83)33-72-46(82)32-62/h8-10,17-18,34-36,38-45,48H,7,11-16,19-33,61-62H2,1-6H3,(H,72,82)(H,73,83)(H,74,84)(H,75,87)(H,76,89)(H,77,90)(H,78,88)(H,79,85)(H,80,86)(H,92,93)(H4,63,64,69)(H4,65,66,70)(H4,67,68,71)/t36-,38-,39-,40-,41-,42-,43-,44-,45-,48-/m0/s1. The molecule has 1 aromatic rings. The molecule has 26 N–H and O–H groups in total. The van der Waals surface area contributed by atoms with Crippen LogP contribution in [0.15, 0.2) is 45.3 Å². The minimum Gasteiger partial charge on any atom is -0.480 e. The van der Waals surface area contributed by atoms with Gasteiger partial charge in [-0.25, -0.2) is 4.79 Å². The number of nitrogens with one attached hydrogen (secondary N) is 9. The third-order valence-corrected chi connectivity index (χ3v) is 15.2. The van der Waals surface area contributed by atoms with Crippen molar-refractivity contribution in [1.29, 1.82) is 0 Å². The lowest BCUT2D eigenvalue weighted by Crippen LogP contribution is -2.61. The molecule has 1 fully saturated rings. The fourth-order valence-corrected chi connectivity index (χ4v) is 10.1. The highest BCUT2D eigenvalue weighted by Gasteiger charge is 2.41. The van der Waals surface area contributed by atoms with E-state index < -0.39 is 132 Å². The van der Waals surface area contributed by atoms with Crippen molar-refractivity contribution >= 4 is 82.9 Å². The number of hydrogen-bond acceptors (Lipinski definition) is 16. The number of carboxylic acid groups (broad SMARTS) is 1. The van der Waals surface area contributed by atoms with E-state index in [1.165, 1.54) is 4.90 Å². The Morgan fingerprint density at radius 2 is 0.989 bits per heavy atom. The SMILES string of the molecule is CC[C@H](C)[C@H](NC(=O)[C@H](CCCN=C(N)N)NC(=O)[C@H](CCCN=C(N)N)NC(=O)[C@H](CC(C)C)NC(=O)[C@H](Cc1ccccc1)NC(=O)CNC(=O)CN)C(=O)N[C@@H](CCCN=C(N)N)C(=O)N1CCC[C@H]1C(=O)N[C@@H](CCCCN)C(=O)N[C@@H](CC(C)C)C(=O)O. The smallest absolute Gasteiger partial charge is 0.326 e. The van der Waals surface area contributed by atoms with Crippen LogP contribution in [0.1, 0.15) is 137 Å². The monoisotopic (exact) mass is 1310 g/mol. The van der Waals surface area contributed by atoms with Gasteiger partial charge in [-0.2, -0.15) is 0 Å². The Morgan fingerprint density at radius 3 is 1.48 bits per heavy atom. The summed E-state index contributed by atoms with van der Waals surface area (Å²) in [5.41, 5.74) is 45.4. The summed E-state index contributed by atoms with van der Waals surface area (Å²) in [7, 11) is 0. The van der Waals surface area contributed by atoms with Crippen LogP contribution in [0, 0.1) is 17.8 Å². The molecule has 0 aromatic heterocycles. The number of hydrogen-bond donors (Lipinski definition) is 18. The summed E-state index contributed by atoms with van der Waals surface area (Å²) in [5.74, 6) is -10.3. The first-order valence-corrected chi connectivity index (χ1v) is 31.8. The van der Waals surface area contributed by atoms with Gasteiger partial charge in [0.2, 0.25) is 59.1 Å². The average molecular weight is 1310 g/mol.